The van der Waals surface area contributed by atoms with Gasteiger partial charge in [0, 0.05) is 35.6 Å². The number of Topliss-reactive ketones (excluding diaryl/α,β-unsaturated/α-hetero) is 3. The van der Waals surface area contributed by atoms with Gasteiger partial charge in [-0.25, -0.2) is 0 Å². The minimum absolute atomic E-state index is 0.00830. The fourth-order valence-corrected chi connectivity index (χ4v) is 8.52. The summed E-state index contributed by atoms with van der Waals surface area (Å²) in [6.45, 7) is 16.5. The van der Waals surface area contributed by atoms with Crippen LogP contribution >= 0.6 is 0 Å². The molecule has 0 amide bonds. The molecule has 1 N–H and O–H groups in total. The largest absolute Gasteiger partial charge is 0.493 e. The Hall–Kier alpha value is -5.41. The van der Waals surface area contributed by atoms with Crippen molar-refractivity contribution in [1.29, 1.82) is 0 Å². The molecule has 1 aliphatic carbocycles. The van der Waals surface area contributed by atoms with Gasteiger partial charge in [-0.2, -0.15) is 0 Å². The summed E-state index contributed by atoms with van der Waals surface area (Å²) in [5, 5.41) is 3.38. The molecule has 4 unspecified atom stereocenters. The Bertz CT molecular complexity index is 2170. The van der Waals surface area contributed by atoms with Crippen LogP contribution in [-0.4, -0.2) is 55.2 Å². The van der Waals surface area contributed by atoms with Crippen molar-refractivity contribution >= 4 is 29.3 Å². The second kappa shape index (κ2) is 21.4. The summed E-state index contributed by atoms with van der Waals surface area (Å²) in [6, 6.07) is 27.2. The molecule has 4 aromatic rings. The van der Waals surface area contributed by atoms with E-state index in [9.17, 15) is 24.0 Å². The summed E-state index contributed by atoms with van der Waals surface area (Å²) < 4.78 is 17.5. The molecule has 0 spiro atoms. The zero-order chi connectivity index (χ0) is 44.3. The summed E-state index contributed by atoms with van der Waals surface area (Å²) in [5.41, 5.74) is 3.72. The lowest BCUT2D eigenvalue weighted by atomic mass is 9.59. The van der Waals surface area contributed by atoms with Crippen molar-refractivity contribution in [2.24, 2.45) is 23.7 Å². The quantitative estimate of drug-likeness (QED) is 0.0645. The van der Waals surface area contributed by atoms with Gasteiger partial charge in [-0.3, -0.25) is 24.0 Å². The highest BCUT2D eigenvalue weighted by molar-refractivity contribution is 6.05. The minimum Gasteiger partial charge on any atom is -0.493 e. The molecule has 61 heavy (non-hydrogen) atoms. The minimum atomic E-state index is -1.36. The van der Waals surface area contributed by atoms with Gasteiger partial charge in [0.1, 0.15) is 17.8 Å². The Morgan fingerprint density at radius 3 is 2.13 bits per heavy atom. The van der Waals surface area contributed by atoms with E-state index in [0.29, 0.717) is 46.8 Å². The Morgan fingerprint density at radius 2 is 1.48 bits per heavy atom. The van der Waals surface area contributed by atoms with Crippen LogP contribution in [0.5, 0.6) is 5.75 Å². The van der Waals surface area contributed by atoms with Gasteiger partial charge in [-0.1, -0.05) is 121 Å². The van der Waals surface area contributed by atoms with E-state index in [1.807, 2.05) is 82.3 Å². The molecule has 4 aromatic carbocycles. The number of ether oxygens (including phenoxy) is 3. The second-order valence-electron chi connectivity index (χ2n) is 17.0. The number of carbonyl (C=O) groups excluding carboxylic acids is 5. The van der Waals surface area contributed by atoms with Crippen molar-refractivity contribution in [2.45, 2.75) is 105 Å². The maximum atomic E-state index is 14.2. The molecule has 1 aliphatic rings. The third-order valence-electron chi connectivity index (χ3n) is 11.9. The van der Waals surface area contributed by atoms with Gasteiger partial charge in [0.15, 0.2) is 17.3 Å². The number of benzene rings is 4. The number of carbonyl (C=O) groups is 5. The second-order valence-corrected chi connectivity index (χ2v) is 17.0. The van der Waals surface area contributed by atoms with Gasteiger partial charge in [-0.15, -0.1) is 0 Å². The fraction of sp³-hybridized carbons (Fsp3) is 0.442. The van der Waals surface area contributed by atoms with Crippen LogP contribution in [0.4, 0.5) is 0 Å². The van der Waals surface area contributed by atoms with Crippen LogP contribution in [0.1, 0.15) is 129 Å². The van der Waals surface area contributed by atoms with Crippen molar-refractivity contribution in [3.05, 3.63) is 124 Å². The SMILES string of the molecule is CCCC(CC)C(=O)c1cc(CC(=O)OCC2(C(=O)OCC)c3ccccc3C(=O)CC2C(C)C)ccc1CNC(C)C(=O)c1ccccc1-c1ccc(OCC(C)C)cc1. The molecule has 0 aromatic heterocycles. The molecule has 0 bridgehead atoms. The highest BCUT2D eigenvalue weighted by Gasteiger charge is 2.55. The predicted octanol–water partition coefficient (Wildman–Crippen LogP) is 10.2. The molecule has 0 radical (unpaired) electrons. The van der Waals surface area contributed by atoms with Crippen molar-refractivity contribution < 1.29 is 38.2 Å². The summed E-state index contributed by atoms with van der Waals surface area (Å²) in [6.07, 6.45) is 2.22. The molecule has 5 rings (SSSR count). The van der Waals surface area contributed by atoms with E-state index in [-0.39, 0.29) is 61.8 Å². The van der Waals surface area contributed by atoms with E-state index in [1.54, 1.807) is 43.3 Å². The summed E-state index contributed by atoms with van der Waals surface area (Å²) in [4.78, 5) is 69.1. The maximum Gasteiger partial charge on any atom is 0.320 e. The highest BCUT2D eigenvalue weighted by Crippen LogP contribution is 2.46. The lowest BCUT2D eigenvalue weighted by Gasteiger charge is -2.44. The predicted molar refractivity (Wildman–Crippen MR) is 239 cm³/mol. The number of hydrogen-bond donors (Lipinski definition) is 1. The summed E-state index contributed by atoms with van der Waals surface area (Å²) in [7, 11) is 0. The Labute approximate surface area is 362 Å². The third kappa shape index (κ3) is 10.9. The summed E-state index contributed by atoms with van der Waals surface area (Å²) >= 11 is 0. The van der Waals surface area contributed by atoms with Crippen LogP contribution in [0.15, 0.2) is 91.0 Å². The van der Waals surface area contributed by atoms with Gasteiger partial charge < -0.3 is 19.5 Å². The lowest BCUT2D eigenvalue weighted by Crippen LogP contribution is -2.54. The third-order valence-corrected chi connectivity index (χ3v) is 11.9. The van der Waals surface area contributed by atoms with E-state index in [2.05, 4.69) is 26.1 Å². The summed E-state index contributed by atoms with van der Waals surface area (Å²) in [5.74, 6) is -0.798. The smallest absolute Gasteiger partial charge is 0.320 e. The van der Waals surface area contributed by atoms with Crippen LogP contribution in [-0.2, 0) is 37.4 Å². The van der Waals surface area contributed by atoms with Crippen LogP contribution in [0.3, 0.4) is 0 Å². The molecule has 0 fully saturated rings. The highest BCUT2D eigenvalue weighted by atomic mass is 16.6. The first-order chi connectivity index (χ1) is 29.2. The Balaban J connectivity index is 1.36. The van der Waals surface area contributed by atoms with Gasteiger partial charge in [0.2, 0.25) is 0 Å². The maximum absolute atomic E-state index is 14.2. The first-order valence-electron chi connectivity index (χ1n) is 22.0. The number of fused-ring (bicyclic) bond motifs is 1. The van der Waals surface area contributed by atoms with Crippen molar-refractivity contribution in [3.8, 4) is 16.9 Å². The molecule has 0 aliphatic heterocycles. The fourth-order valence-electron chi connectivity index (χ4n) is 8.52. The molecule has 4 atom stereocenters. The number of ketones is 3. The Morgan fingerprint density at radius 1 is 0.787 bits per heavy atom. The lowest BCUT2D eigenvalue weighted by molar-refractivity contribution is -0.161. The number of hydrogen-bond acceptors (Lipinski definition) is 9. The van der Waals surface area contributed by atoms with E-state index < -0.39 is 29.3 Å². The number of rotatable bonds is 21. The average Bonchev–Trinajstić information content (AvgIpc) is 3.26. The standard InChI is InChI=1S/C52H63NO8/c1-9-16-37(10-2)50(57)44-27-36(28-48(55)61-32-52(51(58)59-11-3)45-20-15-14-19-43(45)47(54)29-46(52)34(6)7)21-22-39(44)30-53-35(8)49(56)42-18-13-12-17-41(42)38-23-25-40(26-24-38)60-31-33(4)5/h12-15,17-27,33-35,37,46,53H,9-11,16,28-32H2,1-8H3. The zero-order valence-electron chi connectivity index (χ0n) is 37.2. The van der Waals surface area contributed by atoms with Gasteiger partial charge in [0.05, 0.1) is 25.7 Å². The van der Waals surface area contributed by atoms with Gasteiger partial charge in [0.25, 0.3) is 0 Å². The van der Waals surface area contributed by atoms with Gasteiger partial charge >= 0.3 is 11.9 Å². The molecule has 9 heteroatoms. The number of nitrogens with one attached hydrogen (secondary N) is 1. The van der Waals surface area contributed by atoms with E-state index in [4.69, 9.17) is 14.2 Å². The molecule has 9 nitrogen and oxygen atoms in total. The number of esters is 2. The molecular weight excluding hydrogens is 767 g/mol. The topological polar surface area (TPSA) is 125 Å². The van der Waals surface area contributed by atoms with E-state index in [1.165, 1.54) is 0 Å². The van der Waals surface area contributed by atoms with Crippen molar-refractivity contribution in [3.63, 3.8) is 0 Å². The monoisotopic (exact) mass is 829 g/mol. The van der Waals surface area contributed by atoms with Crippen LogP contribution in [0.2, 0.25) is 0 Å². The van der Waals surface area contributed by atoms with Crippen molar-refractivity contribution in [1.82, 2.24) is 5.32 Å². The molecule has 0 heterocycles. The normalized spacial score (nSPS) is 17.1. The van der Waals surface area contributed by atoms with E-state index >= 15 is 0 Å². The van der Waals surface area contributed by atoms with Crippen LogP contribution < -0.4 is 10.1 Å². The molecule has 0 saturated heterocycles. The average molecular weight is 830 g/mol. The molecule has 324 valence electrons. The van der Waals surface area contributed by atoms with E-state index in [0.717, 1.165) is 35.3 Å². The van der Waals surface area contributed by atoms with Crippen molar-refractivity contribution in [2.75, 3.05) is 19.8 Å². The first-order valence-corrected chi connectivity index (χ1v) is 22.0. The van der Waals surface area contributed by atoms with Gasteiger partial charge in [-0.05, 0) is 90.5 Å². The molecule has 0 saturated carbocycles. The Kier molecular flexibility index (Phi) is 16.4. The van der Waals surface area contributed by atoms with Crippen LogP contribution in [0.25, 0.3) is 11.1 Å². The zero-order valence-corrected chi connectivity index (χ0v) is 37.2. The molecular formula is C52H63NO8. The van der Waals surface area contributed by atoms with Crippen LogP contribution in [0, 0.1) is 23.7 Å². The first kappa shape index (κ1) is 46.7.